The van der Waals surface area contributed by atoms with Gasteiger partial charge in [0.25, 0.3) is 0 Å². The van der Waals surface area contributed by atoms with Crippen LogP contribution in [0.4, 0.5) is 0 Å². The van der Waals surface area contributed by atoms with Crippen LogP contribution in [0.15, 0.2) is 54.6 Å². The summed E-state index contributed by atoms with van der Waals surface area (Å²) in [6.07, 6.45) is -0.370. The lowest BCUT2D eigenvalue weighted by Crippen LogP contribution is -2.15. The van der Waals surface area contributed by atoms with Gasteiger partial charge in [0.05, 0.1) is 11.7 Å². The summed E-state index contributed by atoms with van der Waals surface area (Å²) in [7, 11) is 0. The third-order valence-electron chi connectivity index (χ3n) is 2.98. The summed E-state index contributed by atoms with van der Waals surface area (Å²) in [4.78, 5) is 11.4. The molecular weight excluding hydrogens is 252 g/mol. The van der Waals surface area contributed by atoms with Gasteiger partial charge in [-0.2, -0.15) is 0 Å². The van der Waals surface area contributed by atoms with Gasteiger partial charge in [-0.15, -0.1) is 0 Å². The summed E-state index contributed by atoms with van der Waals surface area (Å²) in [5, 5.41) is 9.34. The molecule has 0 radical (unpaired) electrons. The number of aromatic carboxylic acids is 1. The lowest BCUT2D eigenvalue weighted by atomic mass is 9.96. The molecule has 0 bridgehead atoms. The predicted octanol–water partition coefficient (Wildman–Crippen LogP) is 3.90. The minimum atomic E-state index is -0.936. The zero-order valence-corrected chi connectivity index (χ0v) is 11.6. The van der Waals surface area contributed by atoms with Gasteiger partial charge in [-0.05, 0) is 31.0 Å². The van der Waals surface area contributed by atoms with E-state index in [1.165, 1.54) is 0 Å². The third kappa shape index (κ3) is 3.25. The topological polar surface area (TPSA) is 46.5 Å². The summed E-state index contributed by atoms with van der Waals surface area (Å²) in [5.74, 6) is -0.936. The Labute approximate surface area is 118 Å². The van der Waals surface area contributed by atoms with Crippen LogP contribution >= 0.6 is 0 Å². The van der Waals surface area contributed by atoms with E-state index in [1.807, 2.05) is 56.3 Å². The van der Waals surface area contributed by atoms with Crippen molar-refractivity contribution < 1.29 is 14.6 Å². The molecule has 104 valence electrons. The molecule has 3 heteroatoms. The van der Waals surface area contributed by atoms with Gasteiger partial charge in [0, 0.05) is 0 Å². The highest BCUT2D eigenvalue weighted by Gasteiger charge is 2.21. The van der Waals surface area contributed by atoms with E-state index >= 15 is 0 Å². The molecule has 3 nitrogen and oxygen atoms in total. The molecule has 0 amide bonds. The second-order valence-electron chi connectivity index (χ2n) is 4.87. The molecule has 0 saturated heterocycles. The number of benzene rings is 2. The van der Waals surface area contributed by atoms with Gasteiger partial charge in [-0.1, -0.05) is 48.5 Å². The fraction of sp³-hybridized carbons (Fsp3) is 0.235. The molecule has 0 heterocycles. The summed E-state index contributed by atoms with van der Waals surface area (Å²) in [5.41, 5.74) is 1.91. The normalized spacial score (nSPS) is 12.3. The molecule has 2 aromatic carbocycles. The van der Waals surface area contributed by atoms with Crippen LogP contribution < -0.4 is 0 Å². The van der Waals surface area contributed by atoms with Gasteiger partial charge in [-0.25, -0.2) is 4.79 Å². The molecule has 0 fully saturated rings. The number of carbonyl (C=O) groups is 1. The van der Waals surface area contributed by atoms with Crippen LogP contribution in [0.2, 0.25) is 0 Å². The lowest BCUT2D eigenvalue weighted by molar-refractivity contribution is 0.0291. The second-order valence-corrected chi connectivity index (χ2v) is 4.87. The Morgan fingerprint density at radius 2 is 1.60 bits per heavy atom. The molecule has 0 aliphatic rings. The van der Waals surface area contributed by atoms with Crippen LogP contribution in [0.3, 0.4) is 0 Å². The highest BCUT2D eigenvalue weighted by molar-refractivity contribution is 5.89. The minimum Gasteiger partial charge on any atom is -0.478 e. The van der Waals surface area contributed by atoms with Crippen LogP contribution in [-0.4, -0.2) is 17.2 Å². The first-order valence-corrected chi connectivity index (χ1v) is 6.62. The van der Waals surface area contributed by atoms with Crippen molar-refractivity contribution in [3.63, 3.8) is 0 Å². The van der Waals surface area contributed by atoms with Gasteiger partial charge in [0.15, 0.2) is 0 Å². The van der Waals surface area contributed by atoms with Gasteiger partial charge >= 0.3 is 5.97 Å². The Morgan fingerprint density at radius 3 is 2.20 bits per heavy atom. The van der Waals surface area contributed by atoms with Crippen LogP contribution in [0.1, 0.15) is 41.4 Å². The van der Waals surface area contributed by atoms with Gasteiger partial charge in [0.2, 0.25) is 0 Å². The van der Waals surface area contributed by atoms with Crippen molar-refractivity contribution in [2.45, 2.75) is 26.1 Å². The van der Waals surface area contributed by atoms with Crippen molar-refractivity contribution in [2.75, 3.05) is 0 Å². The van der Waals surface area contributed by atoms with E-state index in [9.17, 15) is 9.90 Å². The SMILES string of the molecule is CC(C)O[C@H](c1ccccc1)c1ccccc1C(=O)O. The highest BCUT2D eigenvalue weighted by atomic mass is 16.5. The molecule has 2 rings (SSSR count). The van der Waals surface area contributed by atoms with E-state index in [4.69, 9.17) is 4.74 Å². The first-order chi connectivity index (χ1) is 9.59. The van der Waals surface area contributed by atoms with Crippen molar-refractivity contribution in [2.24, 2.45) is 0 Å². The predicted molar refractivity (Wildman–Crippen MR) is 77.9 cm³/mol. The Balaban J connectivity index is 2.50. The molecule has 20 heavy (non-hydrogen) atoms. The van der Waals surface area contributed by atoms with E-state index in [1.54, 1.807) is 12.1 Å². The Bertz CT molecular complexity index is 576. The average Bonchev–Trinajstić information content (AvgIpc) is 2.45. The number of ether oxygens (including phenoxy) is 1. The van der Waals surface area contributed by atoms with Crippen molar-refractivity contribution in [3.8, 4) is 0 Å². The van der Waals surface area contributed by atoms with E-state index in [-0.39, 0.29) is 17.8 Å². The monoisotopic (exact) mass is 270 g/mol. The quantitative estimate of drug-likeness (QED) is 0.896. The Kier molecular flexibility index (Phi) is 4.53. The zero-order chi connectivity index (χ0) is 14.5. The standard InChI is InChI=1S/C17H18O3/c1-12(2)20-16(13-8-4-3-5-9-13)14-10-6-7-11-15(14)17(18)19/h3-12,16H,1-2H3,(H,18,19)/t16-/m1/s1. The fourth-order valence-electron chi connectivity index (χ4n) is 2.15. The highest BCUT2D eigenvalue weighted by Crippen LogP contribution is 2.29. The fourth-order valence-corrected chi connectivity index (χ4v) is 2.15. The number of carboxylic acid groups (broad SMARTS) is 1. The average molecular weight is 270 g/mol. The summed E-state index contributed by atoms with van der Waals surface area (Å²) in [6.45, 7) is 3.89. The number of hydrogen-bond acceptors (Lipinski definition) is 2. The van der Waals surface area contributed by atoms with Crippen molar-refractivity contribution in [3.05, 3.63) is 71.3 Å². The van der Waals surface area contributed by atoms with E-state index in [0.717, 1.165) is 5.56 Å². The summed E-state index contributed by atoms with van der Waals surface area (Å²) in [6, 6.07) is 16.7. The van der Waals surface area contributed by atoms with Crippen LogP contribution in [-0.2, 0) is 4.74 Å². The van der Waals surface area contributed by atoms with Crippen molar-refractivity contribution in [1.29, 1.82) is 0 Å². The smallest absolute Gasteiger partial charge is 0.336 e. The van der Waals surface area contributed by atoms with E-state index in [2.05, 4.69) is 0 Å². The van der Waals surface area contributed by atoms with Crippen LogP contribution in [0.5, 0.6) is 0 Å². The number of carboxylic acids is 1. The molecule has 1 atom stereocenters. The second kappa shape index (κ2) is 6.35. The van der Waals surface area contributed by atoms with Crippen LogP contribution in [0, 0.1) is 0 Å². The third-order valence-corrected chi connectivity index (χ3v) is 2.98. The molecule has 2 aromatic rings. The Hall–Kier alpha value is -2.13. The molecule has 0 saturated carbocycles. The molecule has 0 aromatic heterocycles. The first-order valence-electron chi connectivity index (χ1n) is 6.62. The molecule has 0 aliphatic carbocycles. The summed E-state index contributed by atoms with van der Waals surface area (Å²) >= 11 is 0. The summed E-state index contributed by atoms with van der Waals surface area (Å²) < 4.78 is 5.95. The number of rotatable bonds is 5. The maximum atomic E-state index is 11.4. The first kappa shape index (κ1) is 14.3. The molecular formula is C17H18O3. The van der Waals surface area contributed by atoms with Crippen molar-refractivity contribution >= 4 is 5.97 Å². The maximum absolute atomic E-state index is 11.4. The maximum Gasteiger partial charge on any atom is 0.336 e. The molecule has 0 aliphatic heterocycles. The lowest BCUT2D eigenvalue weighted by Gasteiger charge is -2.22. The van der Waals surface area contributed by atoms with Crippen LogP contribution in [0.25, 0.3) is 0 Å². The number of hydrogen-bond donors (Lipinski definition) is 1. The van der Waals surface area contributed by atoms with Gasteiger partial charge in [-0.3, -0.25) is 0 Å². The Morgan fingerprint density at radius 1 is 1.00 bits per heavy atom. The van der Waals surface area contributed by atoms with Crippen molar-refractivity contribution in [1.82, 2.24) is 0 Å². The molecule has 0 unspecified atom stereocenters. The zero-order valence-electron chi connectivity index (χ0n) is 11.6. The van der Waals surface area contributed by atoms with Gasteiger partial charge < -0.3 is 9.84 Å². The molecule has 0 spiro atoms. The van der Waals surface area contributed by atoms with Gasteiger partial charge in [0.1, 0.15) is 6.10 Å². The van der Waals surface area contributed by atoms with E-state index in [0.29, 0.717) is 5.56 Å². The van der Waals surface area contributed by atoms with E-state index < -0.39 is 5.97 Å². The minimum absolute atomic E-state index is 0.00190. The molecule has 1 N–H and O–H groups in total. The largest absolute Gasteiger partial charge is 0.478 e.